The number of hydrogen-bond donors (Lipinski definition) is 1. The molecule has 0 amide bonds. The van der Waals surface area contributed by atoms with Crippen LogP contribution in [0.25, 0.3) is 11.1 Å². The largest absolute Gasteiger partial charge is 0.313 e. The van der Waals surface area contributed by atoms with Crippen molar-refractivity contribution >= 4 is 0 Å². The van der Waals surface area contributed by atoms with E-state index in [4.69, 9.17) is 0 Å². The highest BCUT2D eigenvalue weighted by Gasteiger charge is 2.14. The Morgan fingerprint density at radius 3 is 2.05 bits per heavy atom. The summed E-state index contributed by atoms with van der Waals surface area (Å²) in [4.78, 5) is 0. The van der Waals surface area contributed by atoms with E-state index in [-0.39, 0.29) is 5.41 Å². The average Bonchev–Trinajstić information content (AvgIpc) is 2.45. The molecule has 0 aliphatic heterocycles. The lowest BCUT2D eigenvalue weighted by Crippen LogP contribution is -2.13. The van der Waals surface area contributed by atoms with Gasteiger partial charge in [-0.25, -0.2) is 0 Å². The highest BCUT2D eigenvalue weighted by molar-refractivity contribution is 5.68. The zero-order valence-corrected chi connectivity index (χ0v) is 13.2. The molecule has 0 spiro atoms. The standard InChI is InChI=1S/C19H25N/c1-14(20-5)17-8-6-7-9-18(17)15-10-12-16(13-11-15)19(2,3)4/h6-14,20H,1-5H3. The Hall–Kier alpha value is -1.60. The first-order chi connectivity index (χ1) is 9.43. The summed E-state index contributed by atoms with van der Waals surface area (Å²) >= 11 is 0. The topological polar surface area (TPSA) is 12.0 Å². The monoisotopic (exact) mass is 267 g/mol. The predicted octanol–water partition coefficient (Wildman–Crippen LogP) is 4.93. The molecule has 0 bridgehead atoms. The van der Waals surface area contributed by atoms with Gasteiger partial charge in [-0.15, -0.1) is 0 Å². The number of rotatable bonds is 3. The van der Waals surface area contributed by atoms with E-state index in [0.717, 1.165) is 0 Å². The summed E-state index contributed by atoms with van der Waals surface area (Å²) in [6, 6.07) is 17.9. The van der Waals surface area contributed by atoms with E-state index in [1.807, 2.05) is 7.05 Å². The van der Waals surface area contributed by atoms with Gasteiger partial charge in [0, 0.05) is 6.04 Å². The lowest BCUT2D eigenvalue weighted by molar-refractivity contribution is 0.590. The number of hydrogen-bond acceptors (Lipinski definition) is 1. The molecule has 0 aliphatic rings. The Balaban J connectivity index is 2.42. The molecule has 1 unspecified atom stereocenters. The molecule has 1 heteroatoms. The third-order valence-electron chi connectivity index (χ3n) is 3.92. The second-order valence-corrected chi connectivity index (χ2v) is 6.42. The van der Waals surface area contributed by atoms with Gasteiger partial charge in [-0.2, -0.15) is 0 Å². The summed E-state index contributed by atoms with van der Waals surface area (Å²) < 4.78 is 0. The van der Waals surface area contributed by atoms with Crippen molar-refractivity contribution in [1.82, 2.24) is 5.32 Å². The van der Waals surface area contributed by atoms with E-state index in [1.165, 1.54) is 22.3 Å². The van der Waals surface area contributed by atoms with E-state index in [1.54, 1.807) is 0 Å². The van der Waals surface area contributed by atoms with Gasteiger partial charge in [0.1, 0.15) is 0 Å². The Morgan fingerprint density at radius 2 is 1.50 bits per heavy atom. The first kappa shape index (κ1) is 14.8. The van der Waals surface area contributed by atoms with Crippen LogP contribution in [0.15, 0.2) is 48.5 Å². The van der Waals surface area contributed by atoms with Crippen molar-refractivity contribution in [3.63, 3.8) is 0 Å². The summed E-state index contributed by atoms with van der Waals surface area (Å²) in [5, 5.41) is 3.33. The number of benzene rings is 2. The molecule has 0 radical (unpaired) electrons. The van der Waals surface area contributed by atoms with Gasteiger partial charge in [0.2, 0.25) is 0 Å². The summed E-state index contributed by atoms with van der Waals surface area (Å²) in [7, 11) is 2.00. The molecular weight excluding hydrogens is 242 g/mol. The fraction of sp³-hybridized carbons (Fsp3) is 0.368. The summed E-state index contributed by atoms with van der Waals surface area (Å²) in [6.45, 7) is 8.94. The van der Waals surface area contributed by atoms with Crippen LogP contribution in [0.5, 0.6) is 0 Å². The quantitative estimate of drug-likeness (QED) is 0.831. The molecule has 0 aromatic heterocycles. The van der Waals surface area contributed by atoms with Gasteiger partial charge >= 0.3 is 0 Å². The highest BCUT2D eigenvalue weighted by atomic mass is 14.9. The Kier molecular flexibility index (Phi) is 4.29. The zero-order valence-electron chi connectivity index (χ0n) is 13.2. The summed E-state index contributed by atoms with van der Waals surface area (Å²) in [5.41, 5.74) is 5.53. The van der Waals surface area contributed by atoms with Crippen molar-refractivity contribution in [1.29, 1.82) is 0 Å². The van der Waals surface area contributed by atoms with Crippen LogP contribution in [0.2, 0.25) is 0 Å². The van der Waals surface area contributed by atoms with Gasteiger partial charge in [0.15, 0.2) is 0 Å². The molecule has 106 valence electrons. The fourth-order valence-electron chi connectivity index (χ4n) is 2.44. The van der Waals surface area contributed by atoms with Crippen molar-refractivity contribution in [2.75, 3.05) is 7.05 Å². The van der Waals surface area contributed by atoms with E-state index >= 15 is 0 Å². The van der Waals surface area contributed by atoms with Crippen molar-refractivity contribution < 1.29 is 0 Å². The van der Waals surface area contributed by atoms with E-state index < -0.39 is 0 Å². The van der Waals surface area contributed by atoms with Crippen LogP contribution in [-0.4, -0.2) is 7.05 Å². The zero-order chi connectivity index (χ0) is 14.8. The van der Waals surface area contributed by atoms with Crippen LogP contribution >= 0.6 is 0 Å². The van der Waals surface area contributed by atoms with Crippen LogP contribution < -0.4 is 5.32 Å². The van der Waals surface area contributed by atoms with Crippen molar-refractivity contribution in [2.45, 2.75) is 39.2 Å². The maximum Gasteiger partial charge on any atom is 0.0295 e. The van der Waals surface area contributed by atoms with Crippen LogP contribution in [0.3, 0.4) is 0 Å². The lowest BCUT2D eigenvalue weighted by Gasteiger charge is -2.20. The van der Waals surface area contributed by atoms with Crippen molar-refractivity contribution in [3.8, 4) is 11.1 Å². The van der Waals surface area contributed by atoms with Gasteiger partial charge in [0.25, 0.3) is 0 Å². The molecule has 0 saturated carbocycles. The van der Waals surface area contributed by atoms with Crippen molar-refractivity contribution in [2.24, 2.45) is 0 Å². The average molecular weight is 267 g/mol. The molecule has 0 saturated heterocycles. The third kappa shape index (κ3) is 3.10. The van der Waals surface area contributed by atoms with Crippen LogP contribution in [0, 0.1) is 0 Å². The highest BCUT2D eigenvalue weighted by Crippen LogP contribution is 2.30. The van der Waals surface area contributed by atoms with Gasteiger partial charge in [-0.3, -0.25) is 0 Å². The van der Waals surface area contributed by atoms with Crippen LogP contribution in [0.1, 0.15) is 44.9 Å². The first-order valence-electron chi connectivity index (χ1n) is 7.30. The minimum atomic E-state index is 0.205. The van der Waals surface area contributed by atoms with Gasteiger partial charge < -0.3 is 5.32 Å². The second-order valence-electron chi connectivity index (χ2n) is 6.42. The van der Waals surface area contributed by atoms with E-state index in [9.17, 15) is 0 Å². The minimum absolute atomic E-state index is 0.205. The minimum Gasteiger partial charge on any atom is -0.313 e. The number of nitrogens with one attached hydrogen (secondary N) is 1. The van der Waals surface area contributed by atoms with Crippen LogP contribution in [-0.2, 0) is 5.41 Å². The Labute approximate surface area is 123 Å². The molecule has 0 aliphatic carbocycles. The first-order valence-corrected chi connectivity index (χ1v) is 7.30. The summed E-state index contributed by atoms with van der Waals surface area (Å²) in [5.74, 6) is 0. The fourth-order valence-corrected chi connectivity index (χ4v) is 2.44. The summed E-state index contributed by atoms with van der Waals surface area (Å²) in [6.07, 6.45) is 0. The van der Waals surface area contributed by atoms with Crippen molar-refractivity contribution in [3.05, 3.63) is 59.7 Å². The Bertz CT molecular complexity index is 561. The maximum atomic E-state index is 3.33. The molecule has 2 aromatic rings. The molecule has 2 rings (SSSR count). The SMILES string of the molecule is CNC(C)c1ccccc1-c1ccc(C(C)(C)C)cc1. The van der Waals surface area contributed by atoms with Crippen LogP contribution in [0.4, 0.5) is 0 Å². The smallest absolute Gasteiger partial charge is 0.0295 e. The molecule has 0 fully saturated rings. The molecule has 20 heavy (non-hydrogen) atoms. The molecule has 0 heterocycles. The molecule has 1 atom stereocenters. The second kappa shape index (κ2) is 5.80. The third-order valence-corrected chi connectivity index (χ3v) is 3.92. The normalized spacial score (nSPS) is 13.2. The Morgan fingerprint density at radius 1 is 0.900 bits per heavy atom. The lowest BCUT2D eigenvalue weighted by atomic mass is 9.85. The molecular formula is C19H25N. The van der Waals surface area contributed by atoms with Gasteiger partial charge in [-0.05, 0) is 41.6 Å². The van der Waals surface area contributed by atoms with Gasteiger partial charge in [0.05, 0.1) is 0 Å². The predicted molar refractivity (Wildman–Crippen MR) is 88.1 cm³/mol. The maximum absolute atomic E-state index is 3.33. The molecule has 1 N–H and O–H groups in total. The van der Waals surface area contributed by atoms with Gasteiger partial charge in [-0.1, -0.05) is 69.3 Å². The molecule has 2 aromatic carbocycles. The van der Waals surface area contributed by atoms with E-state index in [0.29, 0.717) is 6.04 Å². The molecule has 1 nitrogen and oxygen atoms in total. The van der Waals surface area contributed by atoms with E-state index in [2.05, 4.69) is 81.5 Å².